The molecule has 1 aliphatic rings. The van der Waals surface area contributed by atoms with Crippen LogP contribution in [0.15, 0.2) is 22.7 Å². The molecule has 1 saturated carbocycles. The number of aryl methyl sites for hydroxylation is 2. The minimum Gasteiger partial charge on any atom is -0.339 e. The molecule has 108 valence electrons. The highest BCUT2D eigenvalue weighted by Crippen LogP contribution is 2.63. The Hall–Kier alpha value is -2.15. The van der Waals surface area contributed by atoms with Crippen LogP contribution in [0.4, 0.5) is 0 Å². The Bertz CT molecular complexity index is 724. The second-order valence-electron chi connectivity index (χ2n) is 6.55. The van der Waals surface area contributed by atoms with Crippen molar-refractivity contribution in [2.75, 3.05) is 0 Å². The van der Waals surface area contributed by atoms with Crippen LogP contribution in [0, 0.1) is 36.5 Å². The Morgan fingerprint density at radius 3 is 2.67 bits per heavy atom. The lowest BCUT2D eigenvalue weighted by Gasteiger charge is -2.02. The van der Waals surface area contributed by atoms with Crippen molar-refractivity contribution in [2.45, 2.75) is 40.0 Å². The number of hydrogen-bond donors (Lipinski definition) is 0. The zero-order valence-corrected chi connectivity index (χ0v) is 12.8. The van der Waals surface area contributed by atoms with Crippen LogP contribution >= 0.6 is 0 Å². The maximum absolute atomic E-state index is 9.13. The van der Waals surface area contributed by atoms with Gasteiger partial charge in [-0.25, -0.2) is 0 Å². The molecule has 2 aromatic rings. The molecule has 1 aliphatic carbocycles. The second-order valence-corrected chi connectivity index (χ2v) is 6.55. The molecule has 0 N–H and O–H groups in total. The molecule has 3 rings (SSSR count). The van der Waals surface area contributed by atoms with E-state index in [-0.39, 0.29) is 17.3 Å². The summed E-state index contributed by atoms with van der Waals surface area (Å²) in [6.07, 6.45) is 0.662. The summed E-state index contributed by atoms with van der Waals surface area (Å²) in [5.41, 5.74) is 3.67. The number of nitrogens with zero attached hydrogens (tertiary/aromatic N) is 3. The first-order chi connectivity index (χ1) is 9.93. The highest BCUT2D eigenvalue weighted by atomic mass is 16.5. The maximum Gasteiger partial charge on any atom is 0.231 e. The van der Waals surface area contributed by atoms with E-state index in [0.29, 0.717) is 18.1 Å². The number of hydrogen-bond acceptors (Lipinski definition) is 4. The predicted octanol–water partition coefficient (Wildman–Crippen LogP) is 3.54. The molecular formula is C17H19N3O. The number of rotatable bonds is 3. The van der Waals surface area contributed by atoms with Crippen LogP contribution in [0.25, 0.3) is 0 Å². The quantitative estimate of drug-likeness (QED) is 0.863. The molecule has 0 bridgehead atoms. The topological polar surface area (TPSA) is 62.7 Å². The van der Waals surface area contributed by atoms with Crippen molar-refractivity contribution in [2.24, 2.45) is 11.3 Å². The zero-order valence-electron chi connectivity index (χ0n) is 12.8. The SMILES string of the molecule is Cc1ccc(Cc2noc(C3C(C#N)C3(C)C)n2)cc1C. The Labute approximate surface area is 124 Å². The summed E-state index contributed by atoms with van der Waals surface area (Å²) in [7, 11) is 0. The molecule has 2 unspecified atom stereocenters. The van der Waals surface area contributed by atoms with Gasteiger partial charge in [-0.05, 0) is 36.0 Å². The highest BCUT2D eigenvalue weighted by molar-refractivity contribution is 5.32. The summed E-state index contributed by atoms with van der Waals surface area (Å²) in [5, 5.41) is 13.2. The van der Waals surface area contributed by atoms with Crippen molar-refractivity contribution in [3.8, 4) is 6.07 Å². The van der Waals surface area contributed by atoms with Gasteiger partial charge in [-0.2, -0.15) is 10.2 Å². The third-order valence-electron chi connectivity index (χ3n) is 4.65. The van der Waals surface area contributed by atoms with Gasteiger partial charge in [0, 0.05) is 6.42 Å². The lowest BCUT2D eigenvalue weighted by atomic mass is 10.0. The van der Waals surface area contributed by atoms with E-state index in [4.69, 9.17) is 9.78 Å². The molecule has 0 aliphatic heterocycles. The lowest BCUT2D eigenvalue weighted by Crippen LogP contribution is -1.94. The fourth-order valence-electron chi connectivity index (χ4n) is 2.90. The molecule has 4 nitrogen and oxygen atoms in total. The van der Waals surface area contributed by atoms with Crippen LogP contribution in [0.2, 0.25) is 0 Å². The van der Waals surface area contributed by atoms with Crippen LogP contribution in [0.3, 0.4) is 0 Å². The molecule has 1 fully saturated rings. The normalized spacial score (nSPS) is 22.8. The van der Waals surface area contributed by atoms with Crippen LogP contribution in [-0.2, 0) is 6.42 Å². The molecule has 0 amide bonds. The highest BCUT2D eigenvalue weighted by Gasteiger charge is 2.62. The first-order valence-electron chi connectivity index (χ1n) is 7.21. The van der Waals surface area contributed by atoms with Gasteiger partial charge >= 0.3 is 0 Å². The average Bonchev–Trinajstić information content (AvgIpc) is 2.77. The van der Waals surface area contributed by atoms with Gasteiger partial charge < -0.3 is 4.52 Å². The van der Waals surface area contributed by atoms with Crippen LogP contribution in [-0.4, -0.2) is 10.1 Å². The average molecular weight is 281 g/mol. The molecular weight excluding hydrogens is 262 g/mol. The Morgan fingerprint density at radius 2 is 2.05 bits per heavy atom. The van der Waals surface area contributed by atoms with Crippen LogP contribution < -0.4 is 0 Å². The molecule has 1 heterocycles. The summed E-state index contributed by atoms with van der Waals surface area (Å²) >= 11 is 0. The van der Waals surface area contributed by atoms with Crippen molar-refractivity contribution >= 4 is 0 Å². The lowest BCUT2D eigenvalue weighted by molar-refractivity contribution is 0.363. The van der Waals surface area contributed by atoms with Crippen molar-refractivity contribution in [1.82, 2.24) is 10.1 Å². The minimum atomic E-state index is -0.0565. The number of aromatic nitrogens is 2. The summed E-state index contributed by atoms with van der Waals surface area (Å²) in [6.45, 7) is 8.34. The van der Waals surface area contributed by atoms with Crippen molar-refractivity contribution in [1.29, 1.82) is 5.26 Å². The van der Waals surface area contributed by atoms with Gasteiger partial charge in [0.25, 0.3) is 0 Å². The molecule has 1 aromatic carbocycles. The second kappa shape index (κ2) is 4.70. The number of benzene rings is 1. The summed E-state index contributed by atoms with van der Waals surface area (Å²) in [5.74, 6) is 1.34. The first kappa shape index (κ1) is 13.8. The van der Waals surface area contributed by atoms with E-state index in [2.05, 4.69) is 62.1 Å². The third kappa shape index (κ3) is 2.33. The van der Waals surface area contributed by atoms with Gasteiger partial charge in [-0.1, -0.05) is 37.2 Å². The molecule has 0 radical (unpaired) electrons. The van der Waals surface area contributed by atoms with Gasteiger partial charge in [0.2, 0.25) is 5.89 Å². The van der Waals surface area contributed by atoms with Gasteiger partial charge in [0.05, 0.1) is 17.9 Å². The van der Waals surface area contributed by atoms with E-state index >= 15 is 0 Å². The predicted molar refractivity (Wildman–Crippen MR) is 78.6 cm³/mol. The van der Waals surface area contributed by atoms with Gasteiger partial charge in [-0.15, -0.1) is 0 Å². The Morgan fingerprint density at radius 1 is 1.29 bits per heavy atom. The van der Waals surface area contributed by atoms with E-state index < -0.39 is 0 Å². The monoisotopic (exact) mass is 281 g/mol. The van der Waals surface area contributed by atoms with Gasteiger partial charge in [-0.3, -0.25) is 0 Å². The number of nitriles is 1. The summed E-state index contributed by atoms with van der Waals surface area (Å²) in [4.78, 5) is 4.48. The minimum absolute atomic E-state index is 0.0209. The van der Waals surface area contributed by atoms with Crippen molar-refractivity contribution < 1.29 is 4.52 Å². The van der Waals surface area contributed by atoms with Gasteiger partial charge in [0.15, 0.2) is 5.82 Å². The Balaban J connectivity index is 1.77. The summed E-state index contributed by atoms with van der Waals surface area (Å²) in [6, 6.07) is 8.69. The maximum atomic E-state index is 9.13. The zero-order chi connectivity index (χ0) is 15.2. The third-order valence-corrected chi connectivity index (χ3v) is 4.65. The molecule has 2 atom stereocenters. The van der Waals surface area contributed by atoms with Crippen LogP contribution in [0.5, 0.6) is 0 Å². The summed E-state index contributed by atoms with van der Waals surface area (Å²) < 4.78 is 5.37. The van der Waals surface area contributed by atoms with Crippen LogP contribution in [0.1, 0.15) is 48.2 Å². The van der Waals surface area contributed by atoms with E-state index in [0.717, 1.165) is 0 Å². The van der Waals surface area contributed by atoms with E-state index in [1.807, 2.05) is 0 Å². The molecule has 4 heteroatoms. The molecule has 1 aromatic heterocycles. The molecule has 21 heavy (non-hydrogen) atoms. The first-order valence-corrected chi connectivity index (χ1v) is 7.21. The van der Waals surface area contributed by atoms with Crippen molar-refractivity contribution in [3.63, 3.8) is 0 Å². The standard InChI is InChI=1S/C17H19N3O/c1-10-5-6-12(7-11(10)2)8-14-19-16(21-20-14)15-13(9-18)17(15,3)4/h5-7,13,15H,8H2,1-4H3. The molecule has 0 spiro atoms. The Kier molecular flexibility index (Phi) is 3.09. The fraction of sp³-hybridized carbons (Fsp3) is 0.471. The van der Waals surface area contributed by atoms with Crippen molar-refractivity contribution in [3.05, 3.63) is 46.6 Å². The van der Waals surface area contributed by atoms with E-state index in [1.54, 1.807) is 0 Å². The van der Waals surface area contributed by atoms with E-state index in [1.165, 1.54) is 16.7 Å². The molecule has 0 saturated heterocycles. The van der Waals surface area contributed by atoms with E-state index in [9.17, 15) is 0 Å². The fourth-order valence-corrected chi connectivity index (χ4v) is 2.90. The van der Waals surface area contributed by atoms with Gasteiger partial charge in [0.1, 0.15) is 0 Å². The smallest absolute Gasteiger partial charge is 0.231 e. The largest absolute Gasteiger partial charge is 0.339 e.